The van der Waals surface area contributed by atoms with Gasteiger partial charge in [0.1, 0.15) is 0 Å². The number of hydrogen-bond donors (Lipinski definition) is 2. The largest absolute Gasteiger partial charge is 0.385 e. The molecule has 1 fully saturated rings. The Kier molecular flexibility index (Phi) is 6.42. The highest BCUT2D eigenvalue weighted by Crippen LogP contribution is 2.43. The van der Waals surface area contributed by atoms with Crippen molar-refractivity contribution in [2.45, 2.75) is 38.7 Å². The van der Waals surface area contributed by atoms with Crippen molar-refractivity contribution in [2.24, 2.45) is 5.41 Å². The molecule has 0 radical (unpaired) electrons. The van der Waals surface area contributed by atoms with Gasteiger partial charge in [-0.25, -0.2) is 4.79 Å². The topological polar surface area (TPSA) is 59.6 Å². The van der Waals surface area contributed by atoms with Crippen LogP contribution in [-0.2, 0) is 9.47 Å². The second-order valence-electron chi connectivity index (χ2n) is 6.41. The number of methoxy groups -OCH3 is 2. The van der Waals surface area contributed by atoms with Crippen molar-refractivity contribution < 1.29 is 14.3 Å². The van der Waals surface area contributed by atoms with Crippen LogP contribution in [0.4, 0.5) is 10.5 Å². The lowest BCUT2D eigenvalue weighted by molar-refractivity contribution is 0.0717. The van der Waals surface area contributed by atoms with Gasteiger partial charge in [-0.3, -0.25) is 0 Å². The Hall–Kier alpha value is -1.59. The molecule has 0 heterocycles. The minimum atomic E-state index is -0.157. The molecule has 0 saturated heterocycles. The van der Waals surface area contributed by atoms with Gasteiger partial charge in [-0.05, 0) is 49.3 Å². The molecule has 2 N–H and O–H groups in total. The smallest absolute Gasteiger partial charge is 0.319 e. The first-order chi connectivity index (χ1) is 11.1. The van der Waals surface area contributed by atoms with E-state index in [0.29, 0.717) is 6.54 Å². The van der Waals surface area contributed by atoms with Gasteiger partial charge in [0.25, 0.3) is 0 Å². The van der Waals surface area contributed by atoms with E-state index in [9.17, 15) is 4.79 Å². The lowest BCUT2D eigenvalue weighted by Crippen LogP contribution is -2.44. The summed E-state index contributed by atoms with van der Waals surface area (Å²) in [7, 11) is 3.40. The monoisotopic (exact) mass is 320 g/mol. The van der Waals surface area contributed by atoms with E-state index < -0.39 is 0 Å². The van der Waals surface area contributed by atoms with Crippen molar-refractivity contribution in [1.82, 2.24) is 5.32 Å². The lowest BCUT2D eigenvalue weighted by atomic mass is 9.67. The van der Waals surface area contributed by atoms with Gasteiger partial charge in [0, 0.05) is 33.1 Å². The van der Waals surface area contributed by atoms with E-state index in [1.54, 1.807) is 14.2 Å². The van der Waals surface area contributed by atoms with Crippen molar-refractivity contribution in [3.8, 4) is 0 Å². The molecule has 2 amide bonds. The van der Waals surface area contributed by atoms with E-state index in [1.807, 2.05) is 31.2 Å². The summed E-state index contributed by atoms with van der Waals surface area (Å²) in [5.74, 6) is 0. The molecular formula is C18H28N2O3. The number of urea groups is 1. The molecule has 1 aromatic rings. The third-order valence-electron chi connectivity index (χ3n) is 4.84. The van der Waals surface area contributed by atoms with Crippen LogP contribution in [0.3, 0.4) is 0 Å². The molecule has 1 aliphatic rings. The number of nitrogens with one attached hydrogen (secondary N) is 2. The summed E-state index contributed by atoms with van der Waals surface area (Å²) in [6, 6.07) is 7.58. The molecule has 23 heavy (non-hydrogen) atoms. The maximum atomic E-state index is 12.1. The molecule has 2 rings (SSSR count). The number of hydrogen-bond acceptors (Lipinski definition) is 3. The summed E-state index contributed by atoms with van der Waals surface area (Å²) in [6.45, 7) is 3.44. The van der Waals surface area contributed by atoms with Crippen molar-refractivity contribution in [3.05, 3.63) is 29.8 Å². The highest BCUT2D eigenvalue weighted by Gasteiger charge is 2.36. The minimum absolute atomic E-state index is 0.00657. The number of ether oxygens (including phenoxy) is 2. The third-order valence-corrected chi connectivity index (χ3v) is 4.84. The average Bonchev–Trinajstić information content (AvgIpc) is 2.53. The molecule has 1 aliphatic carbocycles. The quantitative estimate of drug-likeness (QED) is 0.767. The van der Waals surface area contributed by atoms with Crippen LogP contribution >= 0.6 is 0 Å². The number of rotatable bonds is 8. The Morgan fingerprint density at radius 1 is 1.35 bits per heavy atom. The predicted molar refractivity (Wildman–Crippen MR) is 91.7 cm³/mol. The summed E-state index contributed by atoms with van der Waals surface area (Å²) in [5.41, 5.74) is 2.05. The van der Waals surface area contributed by atoms with Crippen LogP contribution < -0.4 is 10.6 Å². The van der Waals surface area contributed by atoms with Crippen LogP contribution in [0, 0.1) is 5.41 Å². The van der Waals surface area contributed by atoms with Gasteiger partial charge in [-0.2, -0.15) is 0 Å². The van der Waals surface area contributed by atoms with Crippen molar-refractivity contribution in [1.29, 1.82) is 0 Å². The van der Waals surface area contributed by atoms with Gasteiger partial charge in [-0.1, -0.05) is 18.6 Å². The van der Waals surface area contributed by atoms with Gasteiger partial charge >= 0.3 is 6.03 Å². The molecule has 1 atom stereocenters. The molecule has 0 spiro atoms. The third kappa shape index (κ3) is 4.94. The summed E-state index contributed by atoms with van der Waals surface area (Å²) in [4.78, 5) is 12.1. The van der Waals surface area contributed by atoms with E-state index >= 15 is 0 Å². The zero-order valence-corrected chi connectivity index (χ0v) is 14.4. The summed E-state index contributed by atoms with van der Waals surface area (Å²) >= 11 is 0. The van der Waals surface area contributed by atoms with Gasteiger partial charge in [-0.15, -0.1) is 0 Å². The molecule has 1 aromatic carbocycles. The standard InChI is InChI=1S/C18H28N2O3/c1-14(23-3)15-6-4-7-16(12-15)20-17(21)19-13-18(8-5-9-18)10-11-22-2/h4,6-7,12,14H,5,8-11,13H2,1-3H3,(H2,19,20,21)/t14-/m1/s1. The van der Waals surface area contributed by atoms with Crippen LogP contribution in [0.15, 0.2) is 24.3 Å². The Morgan fingerprint density at radius 2 is 2.13 bits per heavy atom. The Labute approximate surface area is 138 Å². The predicted octanol–water partition coefficient (Wildman–Crippen LogP) is 3.72. The maximum Gasteiger partial charge on any atom is 0.319 e. The zero-order valence-electron chi connectivity index (χ0n) is 14.4. The Balaban J connectivity index is 1.85. The zero-order chi connectivity index (χ0) is 16.7. The van der Waals surface area contributed by atoms with Crippen molar-refractivity contribution in [3.63, 3.8) is 0 Å². The van der Waals surface area contributed by atoms with Crippen LogP contribution in [0.5, 0.6) is 0 Å². The average molecular weight is 320 g/mol. The lowest BCUT2D eigenvalue weighted by Gasteiger charge is -2.42. The molecule has 5 heteroatoms. The summed E-state index contributed by atoms with van der Waals surface area (Å²) in [5, 5.41) is 5.91. The number of carbonyl (C=O) groups is 1. The number of carbonyl (C=O) groups excluding carboxylic acids is 1. The summed E-state index contributed by atoms with van der Waals surface area (Å²) < 4.78 is 10.5. The molecule has 1 saturated carbocycles. The van der Waals surface area contributed by atoms with Gasteiger partial charge in [0.05, 0.1) is 6.10 Å². The van der Waals surface area contributed by atoms with E-state index in [0.717, 1.165) is 37.1 Å². The number of benzene rings is 1. The van der Waals surface area contributed by atoms with Gasteiger partial charge < -0.3 is 20.1 Å². The summed E-state index contributed by atoms with van der Waals surface area (Å²) in [6.07, 6.45) is 4.58. The van der Waals surface area contributed by atoms with Crippen LogP contribution in [0.2, 0.25) is 0 Å². The highest BCUT2D eigenvalue weighted by atomic mass is 16.5. The molecule has 0 bridgehead atoms. The fraction of sp³-hybridized carbons (Fsp3) is 0.611. The molecule has 5 nitrogen and oxygen atoms in total. The Bertz CT molecular complexity index is 515. The second kappa shape index (κ2) is 8.31. The van der Waals surface area contributed by atoms with E-state index in [-0.39, 0.29) is 17.6 Å². The molecule has 128 valence electrons. The normalized spacial score (nSPS) is 17.2. The maximum absolute atomic E-state index is 12.1. The van der Waals surface area contributed by atoms with Crippen LogP contribution in [-0.4, -0.2) is 33.4 Å². The van der Waals surface area contributed by atoms with Gasteiger partial charge in [0.2, 0.25) is 0 Å². The number of anilines is 1. The van der Waals surface area contributed by atoms with E-state index in [1.165, 1.54) is 6.42 Å². The molecule has 0 aromatic heterocycles. The Morgan fingerprint density at radius 3 is 2.74 bits per heavy atom. The van der Waals surface area contributed by atoms with Crippen LogP contribution in [0.1, 0.15) is 44.3 Å². The number of amides is 2. The van der Waals surface area contributed by atoms with Gasteiger partial charge in [0.15, 0.2) is 0 Å². The first kappa shape index (κ1) is 17.8. The fourth-order valence-electron chi connectivity index (χ4n) is 2.96. The first-order valence-corrected chi connectivity index (χ1v) is 8.25. The molecule has 0 aliphatic heterocycles. The fourth-order valence-corrected chi connectivity index (χ4v) is 2.96. The second-order valence-corrected chi connectivity index (χ2v) is 6.41. The molecular weight excluding hydrogens is 292 g/mol. The van der Waals surface area contributed by atoms with Crippen molar-refractivity contribution in [2.75, 3.05) is 32.7 Å². The molecule has 0 unspecified atom stereocenters. The minimum Gasteiger partial charge on any atom is -0.385 e. The van der Waals surface area contributed by atoms with E-state index in [4.69, 9.17) is 9.47 Å². The SMILES string of the molecule is COCCC1(CNC(=O)Nc2cccc([C@@H](C)OC)c2)CCC1. The highest BCUT2D eigenvalue weighted by molar-refractivity contribution is 5.89. The van der Waals surface area contributed by atoms with E-state index in [2.05, 4.69) is 10.6 Å². The first-order valence-electron chi connectivity index (χ1n) is 8.25. The van der Waals surface area contributed by atoms with Crippen molar-refractivity contribution >= 4 is 11.7 Å². The van der Waals surface area contributed by atoms with Crippen LogP contribution in [0.25, 0.3) is 0 Å².